The summed E-state index contributed by atoms with van der Waals surface area (Å²) in [5.74, 6) is 1.04. The van der Waals surface area contributed by atoms with E-state index in [4.69, 9.17) is 4.74 Å². The minimum Gasteiger partial charge on any atom is -0.496 e. The number of methoxy groups -OCH3 is 1. The second-order valence-corrected chi connectivity index (χ2v) is 6.56. The van der Waals surface area contributed by atoms with Crippen molar-refractivity contribution in [3.8, 4) is 5.75 Å². The van der Waals surface area contributed by atoms with Gasteiger partial charge in [0.1, 0.15) is 5.75 Å². The van der Waals surface area contributed by atoms with Gasteiger partial charge in [-0.1, -0.05) is 25.0 Å². The molecule has 1 unspecified atom stereocenters. The highest BCUT2D eigenvalue weighted by Crippen LogP contribution is 2.46. The van der Waals surface area contributed by atoms with Crippen molar-refractivity contribution in [3.05, 3.63) is 28.8 Å². The summed E-state index contributed by atoms with van der Waals surface area (Å²) in [6.07, 6.45) is 5.09. The number of hydrogen-bond donors (Lipinski definition) is 1. The molecular weight excluding hydrogens is 260 g/mol. The van der Waals surface area contributed by atoms with Gasteiger partial charge in [0, 0.05) is 11.1 Å². The highest BCUT2D eigenvalue weighted by molar-refractivity contribution is 5.48. The van der Waals surface area contributed by atoms with Crippen LogP contribution in [0.1, 0.15) is 48.4 Å². The van der Waals surface area contributed by atoms with Crippen LogP contribution in [0.25, 0.3) is 0 Å². The molecule has 3 nitrogen and oxygen atoms in total. The molecule has 1 fully saturated rings. The van der Waals surface area contributed by atoms with Gasteiger partial charge in [0.05, 0.1) is 13.2 Å². The highest BCUT2D eigenvalue weighted by atomic mass is 16.5. The van der Waals surface area contributed by atoms with Crippen molar-refractivity contribution in [2.75, 3.05) is 28.3 Å². The van der Waals surface area contributed by atoms with Gasteiger partial charge < -0.3 is 15.0 Å². The number of hydrogen-bond acceptors (Lipinski definition) is 3. The van der Waals surface area contributed by atoms with Gasteiger partial charge in [-0.3, -0.25) is 0 Å². The van der Waals surface area contributed by atoms with Crippen molar-refractivity contribution in [3.63, 3.8) is 0 Å². The summed E-state index contributed by atoms with van der Waals surface area (Å²) in [5, 5.41) is 3.58. The quantitative estimate of drug-likeness (QED) is 0.899. The van der Waals surface area contributed by atoms with E-state index in [9.17, 15) is 0 Å². The zero-order chi connectivity index (χ0) is 15.6. The van der Waals surface area contributed by atoms with E-state index in [-0.39, 0.29) is 5.54 Å². The molecule has 0 heterocycles. The molecule has 0 saturated heterocycles. The van der Waals surface area contributed by atoms with Gasteiger partial charge in [-0.25, -0.2) is 0 Å². The molecule has 1 atom stereocenters. The SMILES string of the molecule is CNC(c1ccc(C)c(C)c1OC)C1(N(C)C)CCCC1. The summed E-state index contributed by atoms with van der Waals surface area (Å²) >= 11 is 0. The Hall–Kier alpha value is -1.06. The molecule has 0 amide bonds. The molecular formula is C18H30N2O. The van der Waals surface area contributed by atoms with Crippen LogP contribution in [0.5, 0.6) is 5.75 Å². The molecule has 0 spiro atoms. The maximum absolute atomic E-state index is 5.77. The van der Waals surface area contributed by atoms with Crippen LogP contribution >= 0.6 is 0 Å². The van der Waals surface area contributed by atoms with Gasteiger partial charge >= 0.3 is 0 Å². The van der Waals surface area contributed by atoms with Crippen LogP contribution < -0.4 is 10.1 Å². The van der Waals surface area contributed by atoms with E-state index >= 15 is 0 Å². The van der Waals surface area contributed by atoms with Crippen LogP contribution in [0.15, 0.2) is 12.1 Å². The van der Waals surface area contributed by atoms with Crippen LogP contribution in [-0.4, -0.2) is 38.7 Å². The van der Waals surface area contributed by atoms with Crippen LogP contribution in [0, 0.1) is 13.8 Å². The Bertz CT molecular complexity index is 490. The van der Waals surface area contributed by atoms with Crippen LogP contribution in [0.4, 0.5) is 0 Å². The second-order valence-electron chi connectivity index (χ2n) is 6.56. The molecule has 3 heteroatoms. The Balaban J connectivity index is 2.53. The number of likely N-dealkylation sites (N-methyl/N-ethyl adjacent to an activating group) is 2. The van der Waals surface area contributed by atoms with Crippen LogP contribution in [0.2, 0.25) is 0 Å². The molecule has 1 aliphatic carbocycles. The average molecular weight is 290 g/mol. The monoisotopic (exact) mass is 290 g/mol. The van der Waals surface area contributed by atoms with E-state index in [2.05, 4.69) is 57.3 Å². The van der Waals surface area contributed by atoms with Crippen molar-refractivity contribution in [1.29, 1.82) is 0 Å². The number of ether oxygens (including phenoxy) is 1. The Labute approximate surface area is 129 Å². The van der Waals surface area contributed by atoms with E-state index < -0.39 is 0 Å². The van der Waals surface area contributed by atoms with Crippen LogP contribution in [-0.2, 0) is 0 Å². The molecule has 118 valence electrons. The minimum absolute atomic E-state index is 0.184. The Morgan fingerprint density at radius 1 is 1.19 bits per heavy atom. The number of nitrogens with one attached hydrogen (secondary N) is 1. The first kappa shape index (κ1) is 16.3. The number of nitrogens with zero attached hydrogens (tertiary/aromatic N) is 1. The standard InChI is InChI=1S/C18H30N2O/c1-13-9-10-15(16(21-6)14(13)2)17(19-3)18(20(4)5)11-7-8-12-18/h9-10,17,19H,7-8,11-12H2,1-6H3. The fourth-order valence-electron chi connectivity index (χ4n) is 4.00. The molecule has 0 bridgehead atoms. The van der Waals surface area contributed by atoms with Gasteiger partial charge in [-0.05, 0) is 59.0 Å². The van der Waals surface area contributed by atoms with Gasteiger partial charge in [0.15, 0.2) is 0 Å². The predicted octanol–water partition coefficient (Wildman–Crippen LogP) is 3.45. The largest absolute Gasteiger partial charge is 0.496 e. The topological polar surface area (TPSA) is 24.5 Å². The average Bonchev–Trinajstić information content (AvgIpc) is 2.94. The lowest BCUT2D eigenvalue weighted by Gasteiger charge is -2.44. The summed E-state index contributed by atoms with van der Waals surface area (Å²) < 4.78 is 5.77. The van der Waals surface area contributed by atoms with Crippen molar-refractivity contribution in [2.45, 2.75) is 51.1 Å². The molecule has 1 aromatic rings. The van der Waals surface area contributed by atoms with Crippen molar-refractivity contribution in [1.82, 2.24) is 10.2 Å². The van der Waals surface area contributed by atoms with E-state index in [0.29, 0.717) is 6.04 Å². The first-order chi connectivity index (χ1) is 9.97. The third-order valence-corrected chi connectivity index (χ3v) is 5.41. The minimum atomic E-state index is 0.184. The zero-order valence-electron chi connectivity index (χ0n) is 14.4. The van der Waals surface area contributed by atoms with E-state index in [1.54, 1.807) is 7.11 Å². The summed E-state index contributed by atoms with van der Waals surface area (Å²) in [6.45, 7) is 4.30. The van der Waals surface area contributed by atoms with Crippen molar-refractivity contribution in [2.24, 2.45) is 0 Å². The maximum Gasteiger partial charge on any atom is 0.126 e. The normalized spacial score (nSPS) is 19.0. The summed E-state index contributed by atoms with van der Waals surface area (Å²) in [4.78, 5) is 2.41. The van der Waals surface area contributed by atoms with E-state index in [1.165, 1.54) is 42.4 Å². The molecule has 1 saturated carbocycles. The molecule has 0 aromatic heterocycles. The predicted molar refractivity (Wildman–Crippen MR) is 89.2 cm³/mol. The first-order valence-electron chi connectivity index (χ1n) is 7.96. The lowest BCUT2D eigenvalue weighted by Crippen LogP contribution is -2.51. The molecule has 2 rings (SSSR count). The van der Waals surface area contributed by atoms with Gasteiger partial charge in [-0.15, -0.1) is 0 Å². The van der Waals surface area contributed by atoms with Crippen LogP contribution in [0.3, 0.4) is 0 Å². The maximum atomic E-state index is 5.77. The number of benzene rings is 1. The van der Waals surface area contributed by atoms with Crippen molar-refractivity contribution < 1.29 is 4.74 Å². The zero-order valence-corrected chi connectivity index (χ0v) is 14.4. The van der Waals surface area contributed by atoms with E-state index in [0.717, 1.165) is 5.75 Å². The number of aryl methyl sites for hydroxylation is 1. The van der Waals surface area contributed by atoms with Gasteiger partial charge in [-0.2, -0.15) is 0 Å². The molecule has 1 aromatic carbocycles. The lowest BCUT2D eigenvalue weighted by atomic mass is 9.81. The Morgan fingerprint density at radius 2 is 1.81 bits per heavy atom. The van der Waals surface area contributed by atoms with Gasteiger partial charge in [0.2, 0.25) is 0 Å². The highest BCUT2D eigenvalue weighted by Gasteiger charge is 2.44. The third kappa shape index (κ3) is 2.69. The molecule has 1 aliphatic rings. The smallest absolute Gasteiger partial charge is 0.126 e. The molecule has 0 aliphatic heterocycles. The van der Waals surface area contributed by atoms with Gasteiger partial charge in [0.25, 0.3) is 0 Å². The fourth-order valence-corrected chi connectivity index (χ4v) is 4.00. The molecule has 0 radical (unpaired) electrons. The number of rotatable bonds is 5. The van der Waals surface area contributed by atoms with E-state index in [1.807, 2.05) is 0 Å². The summed E-state index contributed by atoms with van der Waals surface area (Å²) in [5.41, 5.74) is 4.01. The fraction of sp³-hybridized carbons (Fsp3) is 0.667. The summed E-state index contributed by atoms with van der Waals surface area (Å²) in [6, 6.07) is 4.76. The first-order valence-corrected chi connectivity index (χ1v) is 7.96. The van der Waals surface area contributed by atoms with Crippen molar-refractivity contribution >= 4 is 0 Å². The Kier molecular flexibility index (Phi) is 4.95. The second kappa shape index (κ2) is 6.37. The third-order valence-electron chi connectivity index (χ3n) is 5.41. The lowest BCUT2D eigenvalue weighted by molar-refractivity contribution is 0.107. The molecule has 1 N–H and O–H groups in total. The summed E-state index contributed by atoms with van der Waals surface area (Å²) in [7, 11) is 8.28. The molecule has 21 heavy (non-hydrogen) atoms. The Morgan fingerprint density at radius 3 is 2.29 bits per heavy atom.